The van der Waals surface area contributed by atoms with E-state index in [1.54, 1.807) is 18.2 Å². The van der Waals surface area contributed by atoms with Crippen molar-refractivity contribution in [3.05, 3.63) is 41.5 Å². The maximum atomic E-state index is 12.3. The summed E-state index contributed by atoms with van der Waals surface area (Å²) < 4.78 is 18.9. The van der Waals surface area contributed by atoms with E-state index in [-0.39, 0.29) is 22.6 Å². The summed E-state index contributed by atoms with van der Waals surface area (Å²) in [5.41, 5.74) is 1.79. The molecule has 2 aromatic carbocycles. The molecule has 0 saturated carbocycles. The lowest BCUT2D eigenvalue weighted by molar-refractivity contribution is 0.233. The molecule has 2 aromatic rings. The number of hydrogen-bond acceptors (Lipinski definition) is 7. The fourth-order valence-electron chi connectivity index (χ4n) is 5.51. The highest BCUT2D eigenvalue weighted by Crippen LogP contribution is 2.46. The van der Waals surface area contributed by atoms with E-state index >= 15 is 0 Å². The van der Waals surface area contributed by atoms with Crippen molar-refractivity contribution in [2.24, 2.45) is 22.1 Å². The van der Waals surface area contributed by atoms with Gasteiger partial charge in [-0.05, 0) is 55.4 Å². The number of hydrogen-bond donors (Lipinski definition) is 3. The molecular weight excluding hydrogens is 611 g/mol. The largest absolute Gasteiger partial charge is 0.491 e. The Morgan fingerprint density at radius 3 is 2.11 bits per heavy atom. The molecule has 2 rings (SSSR count). The van der Waals surface area contributed by atoms with Crippen LogP contribution >= 0.6 is 7.75 Å². The second kappa shape index (κ2) is 21.4. The van der Waals surface area contributed by atoms with Crippen LogP contribution in [0.3, 0.4) is 0 Å². The molecule has 0 spiro atoms. The van der Waals surface area contributed by atoms with Crippen LogP contribution in [0, 0.1) is 34.5 Å². The van der Waals surface area contributed by atoms with E-state index in [4.69, 9.17) is 4.74 Å². The van der Waals surface area contributed by atoms with E-state index in [0.717, 1.165) is 95.8 Å². The molecule has 10 nitrogen and oxygen atoms in total. The Hall–Kier alpha value is -3.43. The summed E-state index contributed by atoms with van der Waals surface area (Å²) in [5.74, 6) is 1.41. The molecule has 0 saturated heterocycles. The number of rotatable bonds is 23. The topological polar surface area (TPSA) is 154 Å². The Morgan fingerprint density at radius 2 is 1.51 bits per heavy atom. The van der Waals surface area contributed by atoms with Crippen molar-refractivity contribution >= 4 is 30.5 Å². The Bertz CT molecular complexity index is 1400. The summed E-state index contributed by atoms with van der Waals surface area (Å²) >= 11 is 0. The Balaban J connectivity index is 2.73. The number of unbranched alkanes of at least 4 members (excludes halogenated alkanes) is 5. The molecule has 0 aliphatic carbocycles. The Kier molecular flexibility index (Phi) is 18.1. The number of nitrogens with zero attached hydrogens (tertiary/aromatic N) is 5. The lowest BCUT2D eigenvalue weighted by Crippen LogP contribution is -2.31. The number of ether oxygens (including phenoxy) is 1. The van der Waals surface area contributed by atoms with E-state index in [1.165, 1.54) is 12.1 Å². The summed E-state index contributed by atoms with van der Waals surface area (Å²) in [6.07, 6.45) is 13.0. The highest BCUT2D eigenvalue weighted by atomic mass is 31.2. The summed E-state index contributed by atoms with van der Waals surface area (Å²) in [7, 11) is -4.73. The van der Waals surface area contributed by atoms with Crippen LogP contribution in [0.25, 0.3) is 0 Å². The van der Waals surface area contributed by atoms with Crippen molar-refractivity contribution in [1.29, 1.82) is 10.5 Å². The number of azo groups is 1. The standard InChI is InChI=1S/C36H55N6O4P/c1-6-11-14-15-20-42(26-28(9-4)16-12-7-2)35-22-34(41-47(43,44)45)33(23-36(35)46-27-29(10-5)17-13-8-3)40-39-32-19-18-30(24-37)21-31(32)25-38/h18-19,21-23,28-29H,6-17,20,26-27H2,1-5H3,(H3,41,43,44,45). The van der Waals surface area contributed by atoms with Crippen molar-refractivity contribution in [1.82, 2.24) is 0 Å². The average Bonchev–Trinajstić information content (AvgIpc) is 3.06. The summed E-state index contributed by atoms with van der Waals surface area (Å²) in [6, 6.07) is 12.0. The number of benzene rings is 2. The van der Waals surface area contributed by atoms with Crippen LogP contribution in [-0.4, -0.2) is 29.5 Å². The van der Waals surface area contributed by atoms with Gasteiger partial charge in [-0.25, -0.2) is 4.57 Å². The Labute approximate surface area is 282 Å². The first-order chi connectivity index (χ1) is 22.6. The molecule has 0 aliphatic heterocycles. The number of anilines is 2. The third kappa shape index (κ3) is 14.1. The molecule has 0 aromatic heterocycles. The van der Waals surface area contributed by atoms with Gasteiger partial charge in [0.1, 0.15) is 23.2 Å². The zero-order valence-electron chi connectivity index (χ0n) is 29.0. The van der Waals surface area contributed by atoms with E-state index in [1.807, 2.05) is 12.1 Å². The van der Waals surface area contributed by atoms with Gasteiger partial charge in [-0.15, -0.1) is 10.2 Å². The SMILES string of the molecule is CCCCCCN(CC(CC)CCCC)c1cc(NP(=O)(O)O)c(N=Nc2ccc(C#N)cc2C#N)cc1OCC(CC)CCCC. The normalized spacial score (nSPS) is 12.8. The fraction of sp³-hybridized carbons (Fsp3) is 0.611. The predicted molar refractivity (Wildman–Crippen MR) is 191 cm³/mol. The van der Waals surface area contributed by atoms with Crippen molar-refractivity contribution in [2.45, 2.75) is 112 Å². The monoisotopic (exact) mass is 666 g/mol. The molecule has 11 heteroatoms. The van der Waals surface area contributed by atoms with Crippen molar-refractivity contribution in [2.75, 3.05) is 29.7 Å². The van der Waals surface area contributed by atoms with Gasteiger partial charge in [0.15, 0.2) is 0 Å². The average molecular weight is 667 g/mol. The molecule has 0 fully saturated rings. The Morgan fingerprint density at radius 1 is 0.851 bits per heavy atom. The van der Waals surface area contributed by atoms with Crippen molar-refractivity contribution in [3.63, 3.8) is 0 Å². The fourth-order valence-corrected chi connectivity index (χ4v) is 6.01. The summed E-state index contributed by atoms with van der Waals surface area (Å²) in [6.45, 7) is 13.1. The molecule has 2 atom stereocenters. The second-order valence-corrected chi connectivity index (χ2v) is 13.6. The quantitative estimate of drug-likeness (QED) is 0.0601. The highest BCUT2D eigenvalue weighted by molar-refractivity contribution is 7.53. The molecule has 258 valence electrons. The van der Waals surface area contributed by atoms with Crippen LogP contribution in [0.15, 0.2) is 40.6 Å². The molecule has 0 amide bonds. The molecule has 0 radical (unpaired) electrons. The highest BCUT2D eigenvalue weighted by Gasteiger charge is 2.24. The first-order valence-electron chi connectivity index (χ1n) is 17.4. The van der Waals surface area contributed by atoms with Crippen molar-refractivity contribution < 1.29 is 19.1 Å². The zero-order chi connectivity index (χ0) is 34.7. The smallest absolute Gasteiger partial charge is 0.427 e. The summed E-state index contributed by atoms with van der Waals surface area (Å²) in [5, 5.41) is 29.9. The number of nitrogens with one attached hydrogen (secondary N) is 1. The van der Waals surface area contributed by atoms with Gasteiger partial charge in [-0.1, -0.05) is 92.4 Å². The van der Waals surface area contributed by atoms with Gasteiger partial charge < -0.3 is 19.4 Å². The molecule has 0 aliphatic rings. The first kappa shape index (κ1) is 39.7. The first-order valence-corrected chi connectivity index (χ1v) is 19.0. The molecule has 3 N–H and O–H groups in total. The van der Waals surface area contributed by atoms with Gasteiger partial charge >= 0.3 is 7.75 Å². The van der Waals surface area contributed by atoms with Crippen LogP contribution in [0.1, 0.15) is 123 Å². The minimum absolute atomic E-state index is 0.120. The maximum absolute atomic E-state index is 12.3. The van der Waals surface area contributed by atoms with Crippen LogP contribution in [0.5, 0.6) is 5.75 Å². The van der Waals surface area contributed by atoms with E-state index in [0.29, 0.717) is 29.8 Å². The molecule has 47 heavy (non-hydrogen) atoms. The van der Waals surface area contributed by atoms with E-state index < -0.39 is 7.75 Å². The van der Waals surface area contributed by atoms with Crippen LogP contribution in [0.2, 0.25) is 0 Å². The predicted octanol–water partition coefficient (Wildman–Crippen LogP) is 10.5. The van der Waals surface area contributed by atoms with Crippen LogP contribution < -0.4 is 14.7 Å². The maximum Gasteiger partial charge on any atom is 0.427 e. The molecule has 0 bridgehead atoms. The number of nitriles is 2. The second-order valence-electron chi connectivity index (χ2n) is 12.3. The van der Waals surface area contributed by atoms with Crippen LogP contribution in [0.4, 0.5) is 22.7 Å². The zero-order valence-corrected chi connectivity index (χ0v) is 29.9. The van der Waals surface area contributed by atoms with Gasteiger partial charge in [0.25, 0.3) is 0 Å². The van der Waals surface area contributed by atoms with Gasteiger partial charge in [0, 0.05) is 19.2 Å². The third-order valence-corrected chi connectivity index (χ3v) is 9.05. The summed E-state index contributed by atoms with van der Waals surface area (Å²) in [4.78, 5) is 22.3. The molecule has 2 unspecified atom stereocenters. The third-order valence-electron chi connectivity index (χ3n) is 8.52. The minimum Gasteiger partial charge on any atom is -0.491 e. The minimum atomic E-state index is -4.73. The van der Waals surface area contributed by atoms with E-state index in [2.05, 4.69) is 54.8 Å². The lowest BCUT2D eigenvalue weighted by Gasteiger charge is -2.32. The van der Waals surface area contributed by atoms with Crippen LogP contribution in [-0.2, 0) is 4.57 Å². The van der Waals surface area contributed by atoms with E-state index in [9.17, 15) is 24.9 Å². The van der Waals surface area contributed by atoms with Gasteiger partial charge in [0.2, 0.25) is 0 Å². The lowest BCUT2D eigenvalue weighted by atomic mass is 9.98. The molecule has 0 heterocycles. The van der Waals surface area contributed by atoms with Gasteiger partial charge in [-0.3, -0.25) is 5.09 Å². The van der Waals surface area contributed by atoms with Crippen molar-refractivity contribution in [3.8, 4) is 17.9 Å². The van der Waals surface area contributed by atoms with Gasteiger partial charge in [-0.2, -0.15) is 10.5 Å². The van der Waals surface area contributed by atoms with Gasteiger partial charge in [0.05, 0.1) is 35.2 Å². The molecular formula is C36H55N6O4P.